The highest BCUT2D eigenvalue weighted by Gasteiger charge is 2.04. The average Bonchev–Trinajstić information content (AvgIpc) is 2.32. The summed E-state index contributed by atoms with van der Waals surface area (Å²) in [5.74, 6) is -0.0637. The first-order valence-corrected chi connectivity index (χ1v) is 6.35. The SMILES string of the molecule is Nc1ccc(COc2ccc(Cl)c(F)c2)c(Br)c1. The molecule has 2 nitrogen and oxygen atoms in total. The average molecular weight is 331 g/mol. The number of halogens is 3. The third-order valence-corrected chi connectivity index (χ3v) is 3.41. The van der Waals surface area contributed by atoms with Gasteiger partial charge in [-0.2, -0.15) is 0 Å². The van der Waals surface area contributed by atoms with Gasteiger partial charge in [-0.1, -0.05) is 33.6 Å². The Morgan fingerprint density at radius 1 is 1.22 bits per heavy atom. The van der Waals surface area contributed by atoms with E-state index in [4.69, 9.17) is 22.1 Å². The zero-order valence-corrected chi connectivity index (χ0v) is 11.6. The largest absolute Gasteiger partial charge is 0.489 e. The second-order valence-electron chi connectivity index (χ2n) is 3.72. The van der Waals surface area contributed by atoms with Crippen molar-refractivity contribution < 1.29 is 9.13 Å². The number of ether oxygens (including phenoxy) is 1. The fourth-order valence-corrected chi connectivity index (χ4v) is 2.04. The predicted molar refractivity (Wildman–Crippen MR) is 74.3 cm³/mol. The number of hydrogen-bond acceptors (Lipinski definition) is 2. The molecule has 0 saturated heterocycles. The highest BCUT2D eigenvalue weighted by atomic mass is 79.9. The van der Waals surface area contributed by atoms with Gasteiger partial charge >= 0.3 is 0 Å². The van der Waals surface area contributed by atoms with Gasteiger partial charge in [-0.3, -0.25) is 0 Å². The van der Waals surface area contributed by atoms with E-state index in [1.54, 1.807) is 18.2 Å². The van der Waals surface area contributed by atoms with Crippen LogP contribution in [0.5, 0.6) is 5.75 Å². The Kier molecular flexibility index (Phi) is 4.09. The lowest BCUT2D eigenvalue weighted by molar-refractivity contribution is 0.304. The van der Waals surface area contributed by atoms with Gasteiger partial charge in [0.05, 0.1) is 5.02 Å². The number of rotatable bonds is 3. The molecule has 2 aromatic carbocycles. The quantitative estimate of drug-likeness (QED) is 0.846. The number of benzene rings is 2. The number of anilines is 1. The molecule has 0 unspecified atom stereocenters. The lowest BCUT2D eigenvalue weighted by Crippen LogP contribution is -1.97. The summed E-state index contributed by atoms with van der Waals surface area (Å²) in [6.07, 6.45) is 0. The Morgan fingerprint density at radius 3 is 2.67 bits per heavy atom. The Morgan fingerprint density at radius 2 is 2.00 bits per heavy atom. The van der Waals surface area contributed by atoms with Crippen LogP contribution in [0.25, 0.3) is 0 Å². The van der Waals surface area contributed by atoms with Crippen molar-refractivity contribution in [2.45, 2.75) is 6.61 Å². The van der Waals surface area contributed by atoms with Gasteiger partial charge < -0.3 is 10.5 Å². The monoisotopic (exact) mass is 329 g/mol. The first kappa shape index (κ1) is 13.2. The summed E-state index contributed by atoms with van der Waals surface area (Å²) in [7, 11) is 0. The van der Waals surface area contributed by atoms with Gasteiger partial charge in [0, 0.05) is 21.8 Å². The first-order valence-electron chi connectivity index (χ1n) is 5.18. The van der Waals surface area contributed by atoms with Crippen LogP contribution in [-0.4, -0.2) is 0 Å². The molecular formula is C13H10BrClFNO. The van der Waals surface area contributed by atoms with Crippen LogP contribution >= 0.6 is 27.5 Å². The Bertz CT molecular complexity index is 577. The van der Waals surface area contributed by atoms with Crippen molar-refractivity contribution in [2.24, 2.45) is 0 Å². The van der Waals surface area contributed by atoms with E-state index in [0.717, 1.165) is 10.0 Å². The van der Waals surface area contributed by atoms with Gasteiger partial charge in [0.2, 0.25) is 0 Å². The maximum Gasteiger partial charge on any atom is 0.145 e. The van der Waals surface area contributed by atoms with Gasteiger partial charge in [-0.15, -0.1) is 0 Å². The van der Waals surface area contributed by atoms with E-state index in [0.29, 0.717) is 18.0 Å². The minimum Gasteiger partial charge on any atom is -0.489 e. The summed E-state index contributed by atoms with van der Waals surface area (Å²) < 4.78 is 19.5. The van der Waals surface area contributed by atoms with Crippen LogP contribution in [0.3, 0.4) is 0 Å². The molecule has 0 fully saturated rings. The molecule has 2 aromatic rings. The van der Waals surface area contributed by atoms with E-state index < -0.39 is 5.82 Å². The molecular weight excluding hydrogens is 321 g/mol. The Hall–Kier alpha value is -1.26. The molecule has 0 aliphatic heterocycles. The van der Waals surface area contributed by atoms with Gasteiger partial charge in [-0.05, 0) is 24.3 Å². The highest BCUT2D eigenvalue weighted by molar-refractivity contribution is 9.10. The summed E-state index contributed by atoms with van der Waals surface area (Å²) in [4.78, 5) is 0. The zero-order valence-electron chi connectivity index (χ0n) is 9.29. The van der Waals surface area contributed by atoms with Gasteiger partial charge in [0.15, 0.2) is 0 Å². The van der Waals surface area contributed by atoms with Crippen LogP contribution < -0.4 is 10.5 Å². The van der Waals surface area contributed by atoms with Crippen LogP contribution in [0.15, 0.2) is 40.9 Å². The molecule has 0 heterocycles. The molecule has 0 bridgehead atoms. The molecule has 0 amide bonds. The van der Waals surface area contributed by atoms with E-state index in [2.05, 4.69) is 15.9 Å². The molecule has 0 atom stereocenters. The Balaban J connectivity index is 2.09. The lowest BCUT2D eigenvalue weighted by atomic mass is 10.2. The van der Waals surface area contributed by atoms with Crippen molar-refractivity contribution in [3.63, 3.8) is 0 Å². The molecule has 5 heteroatoms. The molecule has 2 N–H and O–H groups in total. The van der Waals surface area contributed by atoms with E-state index in [9.17, 15) is 4.39 Å². The lowest BCUT2D eigenvalue weighted by Gasteiger charge is -2.09. The third kappa shape index (κ3) is 3.15. The van der Waals surface area contributed by atoms with Crippen molar-refractivity contribution in [3.05, 3.63) is 57.3 Å². The third-order valence-electron chi connectivity index (χ3n) is 2.36. The maximum atomic E-state index is 13.2. The molecule has 0 radical (unpaired) electrons. The van der Waals surface area contributed by atoms with Crippen LogP contribution in [0.4, 0.5) is 10.1 Å². The second-order valence-corrected chi connectivity index (χ2v) is 4.98. The van der Waals surface area contributed by atoms with E-state index in [-0.39, 0.29) is 5.02 Å². The minimum absolute atomic E-state index is 0.0796. The molecule has 18 heavy (non-hydrogen) atoms. The van der Waals surface area contributed by atoms with Gasteiger partial charge in [0.25, 0.3) is 0 Å². The van der Waals surface area contributed by atoms with Crippen LogP contribution in [0, 0.1) is 5.82 Å². The van der Waals surface area contributed by atoms with Crippen LogP contribution in [0.2, 0.25) is 5.02 Å². The molecule has 0 aromatic heterocycles. The summed E-state index contributed by atoms with van der Waals surface area (Å²) in [6.45, 7) is 0.321. The predicted octanol–water partition coefficient (Wildman–Crippen LogP) is 4.40. The van der Waals surface area contributed by atoms with Crippen molar-refractivity contribution in [1.29, 1.82) is 0 Å². The molecule has 2 rings (SSSR count). The van der Waals surface area contributed by atoms with Crippen molar-refractivity contribution in [2.75, 3.05) is 5.73 Å². The van der Waals surface area contributed by atoms with Gasteiger partial charge in [0.1, 0.15) is 18.2 Å². The summed E-state index contributed by atoms with van der Waals surface area (Å²) in [5.41, 5.74) is 7.24. The fraction of sp³-hybridized carbons (Fsp3) is 0.0769. The Labute approximate surface area is 118 Å². The molecule has 94 valence electrons. The van der Waals surface area contributed by atoms with E-state index in [1.807, 2.05) is 6.07 Å². The minimum atomic E-state index is -0.495. The summed E-state index contributed by atoms with van der Waals surface area (Å²) in [5, 5.41) is 0.0796. The van der Waals surface area contributed by atoms with Crippen molar-refractivity contribution in [3.8, 4) is 5.75 Å². The molecule has 0 spiro atoms. The number of hydrogen-bond donors (Lipinski definition) is 1. The number of nitrogens with two attached hydrogens (primary N) is 1. The van der Waals surface area contributed by atoms with Crippen molar-refractivity contribution >= 4 is 33.2 Å². The number of nitrogen functional groups attached to an aromatic ring is 1. The zero-order chi connectivity index (χ0) is 13.1. The smallest absolute Gasteiger partial charge is 0.145 e. The normalized spacial score (nSPS) is 10.4. The fourth-order valence-electron chi connectivity index (χ4n) is 1.41. The maximum absolute atomic E-state index is 13.2. The topological polar surface area (TPSA) is 35.2 Å². The molecule has 0 saturated carbocycles. The second kappa shape index (κ2) is 5.59. The first-order chi connectivity index (χ1) is 8.56. The van der Waals surface area contributed by atoms with E-state index in [1.165, 1.54) is 12.1 Å². The van der Waals surface area contributed by atoms with Gasteiger partial charge in [-0.25, -0.2) is 4.39 Å². The molecule has 0 aliphatic carbocycles. The molecule has 0 aliphatic rings. The van der Waals surface area contributed by atoms with E-state index >= 15 is 0 Å². The van der Waals surface area contributed by atoms with Crippen LogP contribution in [-0.2, 0) is 6.61 Å². The van der Waals surface area contributed by atoms with Crippen LogP contribution in [0.1, 0.15) is 5.56 Å². The van der Waals surface area contributed by atoms with Crippen molar-refractivity contribution in [1.82, 2.24) is 0 Å². The summed E-state index contributed by atoms with van der Waals surface area (Å²) >= 11 is 8.98. The standard InChI is InChI=1S/C13H10BrClFNO/c14-11-5-9(17)2-1-8(11)7-18-10-3-4-12(15)13(16)6-10/h1-6H,7,17H2. The summed E-state index contributed by atoms with van der Waals surface area (Å²) in [6, 6.07) is 9.77. The highest BCUT2D eigenvalue weighted by Crippen LogP contribution is 2.24.